The Kier molecular flexibility index (Phi) is 8.88. The van der Waals surface area contributed by atoms with Gasteiger partial charge in [0.2, 0.25) is 5.91 Å². The zero-order valence-corrected chi connectivity index (χ0v) is 16.2. The fraction of sp³-hybridized carbons (Fsp3) is 0.619. The average molecular weight is 397 g/mol. The minimum absolute atomic E-state index is 0. The van der Waals surface area contributed by atoms with Crippen LogP contribution in [-0.4, -0.2) is 46.7 Å². The van der Waals surface area contributed by atoms with Gasteiger partial charge in [0.1, 0.15) is 23.6 Å². The molecule has 2 amide bonds. The van der Waals surface area contributed by atoms with E-state index in [1.54, 1.807) is 25.7 Å². The monoisotopic (exact) mass is 396 g/mol. The van der Waals surface area contributed by atoms with E-state index in [1.807, 2.05) is 0 Å². The van der Waals surface area contributed by atoms with Crippen LogP contribution in [0.25, 0.3) is 0 Å². The Morgan fingerprint density at radius 2 is 1.64 bits per heavy atom. The second-order valence-electron chi connectivity index (χ2n) is 7.86. The number of benzene rings is 1. The minimum atomic E-state index is -1.31. The van der Waals surface area contributed by atoms with Gasteiger partial charge in [-0.05, 0) is 51.3 Å². The number of halogens is 1. The highest BCUT2D eigenvalue weighted by Gasteiger charge is 2.34. The van der Waals surface area contributed by atoms with Crippen molar-refractivity contribution in [2.75, 3.05) is 13.1 Å². The highest BCUT2D eigenvalue weighted by molar-refractivity contribution is 5.86. The molecule has 2 N–H and O–H groups in total. The second kappa shape index (κ2) is 10.4. The Balaban J connectivity index is 0.00000392. The number of aliphatic hydroxyl groups is 1. The lowest BCUT2D eigenvalue weighted by Gasteiger charge is -2.30. The van der Waals surface area contributed by atoms with Crippen LogP contribution >= 0.6 is 0 Å². The van der Waals surface area contributed by atoms with E-state index >= 15 is 0 Å². The first-order valence-electron chi connectivity index (χ1n) is 9.39. The summed E-state index contributed by atoms with van der Waals surface area (Å²) in [5.74, 6) is -0.805. The van der Waals surface area contributed by atoms with E-state index in [0.29, 0.717) is 18.7 Å². The van der Waals surface area contributed by atoms with E-state index in [4.69, 9.17) is 4.74 Å². The lowest BCUT2D eigenvalue weighted by Crippen LogP contribution is -2.52. The number of hydrogen-bond acceptors (Lipinski definition) is 4. The summed E-state index contributed by atoms with van der Waals surface area (Å²) in [6, 6.07) is 4.02. The predicted molar refractivity (Wildman–Crippen MR) is 106 cm³/mol. The lowest BCUT2D eigenvalue weighted by atomic mass is 10.0. The van der Waals surface area contributed by atoms with Gasteiger partial charge in [-0.2, -0.15) is 0 Å². The third kappa shape index (κ3) is 7.11. The van der Waals surface area contributed by atoms with Crippen LogP contribution in [0.4, 0.5) is 9.18 Å². The number of carbonyl (C=O) groups is 2. The summed E-state index contributed by atoms with van der Waals surface area (Å²) in [6.07, 6.45) is 1.78. The molecule has 7 heteroatoms. The normalized spacial score (nSPS) is 17.0. The smallest absolute Gasteiger partial charge is 0.408 e. The molecular weight excluding hydrogens is 363 g/mol. The number of hydrogen-bond donors (Lipinski definition) is 2. The van der Waals surface area contributed by atoms with E-state index in [0.717, 1.165) is 25.7 Å². The van der Waals surface area contributed by atoms with Gasteiger partial charge in [0.15, 0.2) is 0 Å². The van der Waals surface area contributed by atoms with Crippen LogP contribution < -0.4 is 5.32 Å². The van der Waals surface area contributed by atoms with Gasteiger partial charge in [-0.15, -0.1) is 0 Å². The largest absolute Gasteiger partial charge is 0.444 e. The fourth-order valence-electron chi connectivity index (χ4n) is 3.05. The molecule has 1 aromatic carbocycles. The third-order valence-corrected chi connectivity index (χ3v) is 4.38. The molecule has 1 aromatic rings. The molecule has 2 atom stereocenters. The van der Waals surface area contributed by atoms with Gasteiger partial charge in [-0.3, -0.25) is 4.79 Å². The minimum Gasteiger partial charge on any atom is -0.444 e. The summed E-state index contributed by atoms with van der Waals surface area (Å²) in [5.41, 5.74) is -0.387. The Labute approximate surface area is 167 Å². The van der Waals surface area contributed by atoms with Crippen LogP contribution in [0.15, 0.2) is 24.3 Å². The third-order valence-electron chi connectivity index (χ3n) is 4.38. The fourth-order valence-corrected chi connectivity index (χ4v) is 3.05. The van der Waals surface area contributed by atoms with Crippen LogP contribution in [0.5, 0.6) is 0 Å². The lowest BCUT2D eigenvalue weighted by molar-refractivity contribution is -0.136. The molecule has 1 aliphatic heterocycles. The van der Waals surface area contributed by atoms with E-state index in [9.17, 15) is 19.1 Å². The molecule has 1 aliphatic rings. The molecule has 6 nitrogen and oxygen atoms in total. The molecule has 0 bridgehead atoms. The number of nitrogens with one attached hydrogen (secondary N) is 1. The predicted octanol–water partition coefficient (Wildman–Crippen LogP) is 3.79. The molecular formula is C21H33FN2O4. The van der Waals surface area contributed by atoms with Gasteiger partial charge in [0, 0.05) is 13.1 Å². The van der Waals surface area contributed by atoms with Crippen molar-refractivity contribution in [2.24, 2.45) is 0 Å². The number of amides is 2. The molecule has 0 saturated carbocycles. The van der Waals surface area contributed by atoms with Crippen LogP contribution in [-0.2, 0) is 9.53 Å². The molecule has 0 unspecified atom stereocenters. The zero-order valence-electron chi connectivity index (χ0n) is 16.2. The van der Waals surface area contributed by atoms with Crippen LogP contribution in [0.3, 0.4) is 0 Å². The molecule has 0 spiro atoms. The van der Waals surface area contributed by atoms with Crippen LogP contribution in [0.1, 0.15) is 65.5 Å². The average Bonchev–Trinajstić information content (AvgIpc) is 2.87. The van der Waals surface area contributed by atoms with E-state index in [1.165, 1.54) is 24.3 Å². The number of nitrogens with zero attached hydrogens (tertiary/aromatic N) is 1. The Morgan fingerprint density at radius 3 is 2.14 bits per heavy atom. The van der Waals surface area contributed by atoms with E-state index in [2.05, 4.69) is 5.32 Å². The summed E-state index contributed by atoms with van der Waals surface area (Å²) in [5, 5.41) is 13.3. The van der Waals surface area contributed by atoms with Crippen LogP contribution in [0.2, 0.25) is 0 Å². The van der Waals surface area contributed by atoms with Gasteiger partial charge in [-0.25, -0.2) is 9.18 Å². The van der Waals surface area contributed by atoms with Gasteiger partial charge >= 0.3 is 6.09 Å². The Bertz CT molecular complexity index is 635. The van der Waals surface area contributed by atoms with Crippen molar-refractivity contribution in [1.29, 1.82) is 0 Å². The summed E-state index contributed by atoms with van der Waals surface area (Å²) in [4.78, 5) is 27.0. The van der Waals surface area contributed by atoms with Gasteiger partial charge in [0.25, 0.3) is 0 Å². The highest BCUT2D eigenvalue weighted by Crippen LogP contribution is 2.21. The highest BCUT2D eigenvalue weighted by atomic mass is 19.1. The SMILES string of the molecule is C.CC(C)(C)OC(=O)N[C@@H](C(=O)N1CCCCCC1)[C@@H](O)c1ccc(F)cc1. The summed E-state index contributed by atoms with van der Waals surface area (Å²) >= 11 is 0. The van der Waals surface area contributed by atoms with Crippen molar-refractivity contribution in [2.45, 2.75) is 71.6 Å². The van der Waals surface area contributed by atoms with Crippen molar-refractivity contribution in [1.82, 2.24) is 10.2 Å². The Morgan fingerprint density at radius 1 is 1.11 bits per heavy atom. The van der Waals surface area contributed by atoms with Crippen molar-refractivity contribution >= 4 is 12.0 Å². The topological polar surface area (TPSA) is 78.9 Å². The van der Waals surface area contributed by atoms with Crippen LogP contribution in [0, 0.1) is 5.82 Å². The van der Waals surface area contributed by atoms with Crippen molar-refractivity contribution in [3.8, 4) is 0 Å². The molecule has 1 fully saturated rings. The zero-order chi connectivity index (χ0) is 20.0. The number of aliphatic hydroxyl groups excluding tert-OH is 1. The Hall–Kier alpha value is -2.15. The molecule has 1 saturated heterocycles. The van der Waals surface area contributed by atoms with Crippen molar-refractivity contribution in [3.05, 3.63) is 35.6 Å². The van der Waals surface area contributed by atoms with E-state index < -0.39 is 29.7 Å². The molecule has 2 rings (SSSR count). The summed E-state index contributed by atoms with van der Waals surface area (Å²) in [7, 11) is 0. The first kappa shape index (κ1) is 23.9. The number of carbonyl (C=O) groups excluding carboxylic acids is 2. The number of alkyl carbamates (subject to hydrolysis) is 1. The van der Waals surface area contributed by atoms with Gasteiger partial charge < -0.3 is 20.1 Å². The molecule has 28 heavy (non-hydrogen) atoms. The van der Waals surface area contributed by atoms with Gasteiger partial charge in [0.05, 0.1) is 0 Å². The molecule has 0 aromatic heterocycles. The maximum atomic E-state index is 13.2. The molecule has 1 heterocycles. The maximum Gasteiger partial charge on any atom is 0.408 e. The van der Waals surface area contributed by atoms with Crippen molar-refractivity contribution < 1.29 is 23.8 Å². The quantitative estimate of drug-likeness (QED) is 0.812. The molecule has 0 aliphatic carbocycles. The van der Waals surface area contributed by atoms with Gasteiger partial charge in [-0.1, -0.05) is 32.4 Å². The number of likely N-dealkylation sites (tertiary alicyclic amines) is 1. The molecule has 158 valence electrons. The standard InChI is InChI=1S/C20H29FN2O4.CH4/c1-20(2,3)27-19(26)22-16(17(24)14-8-10-15(21)11-9-14)18(25)23-12-6-4-5-7-13-23;/h8-11,16-17,24H,4-7,12-13H2,1-3H3,(H,22,26);1H4/t16-,17+;/m1./s1. The van der Waals surface area contributed by atoms with E-state index in [-0.39, 0.29) is 13.3 Å². The molecule has 0 radical (unpaired) electrons. The summed E-state index contributed by atoms with van der Waals surface area (Å²) < 4.78 is 18.4. The van der Waals surface area contributed by atoms with Crippen molar-refractivity contribution in [3.63, 3.8) is 0 Å². The first-order chi connectivity index (χ1) is 12.7. The maximum absolute atomic E-state index is 13.2. The number of rotatable bonds is 4. The number of ether oxygens (including phenoxy) is 1. The summed E-state index contributed by atoms with van der Waals surface area (Å²) in [6.45, 7) is 6.32. The second-order valence-corrected chi connectivity index (χ2v) is 7.86. The first-order valence-corrected chi connectivity index (χ1v) is 9.39.